The van der Waals surface area contributed by atoms with Crippen molar-refractivity contribution < 1.29 is 9.59 Å². The zero-order valence-electron chi connectivity index (χ0n) is 14.8. The summed E-state index contributed by atoms with van der Waals surface area (Å²) in [4.78, 5) is 30.9. The lowest BCUT2D eigenvalue weighted by Crippen LogP contribution is -2.52. The number of rotatable bonds is 3. The Labute approximate surface area is 154 Å². The van der Waals surface area contributed by atoms with Gasteiger partial charge >= 0.3 is 0 Å². The van der Waals surface area contributed by atoms with Crippen molar-refractivity contribution in [3.63, 3.8) is 0 Å². The molecule has 0 unspecified atom stereocenters. The molecule has 136 valence electrons. The Bertz CT molecular complexity index is 604. The second kappa shape index (κ2) is 8.19. The Morgan fingerprint density at radius 1 is 0.960 bits per heavy atom. The molecule has 6 heteroatoms. The average Bonchev–Trinajstić information content (AvgIpc) is 2.63. The van der Waals surface area contributed by atoms with Crippen molar-refractivity contribution >= 4 is 23.4 Å². The Balaban J connectivity index is 1.46. The molecule has 1 aromatic rings. The summed E-state index contributed by atoms with van der Waals surface area (Å²) in [7, 11) is 0. The van der Waals surface area contributed by atoms with Gasteiger partial charge in [0.05, 0.1) is 6.54 Å². The van der Waals surface area contributed by atoms with Crippen LogP contribution in [0, 0.1) is 5.92 Å². The first-order chi connectivity index (χ1) is 12.0. The molecular formula is C19H26ClN3O2. The molecule has 0 bridgehead atoms. The number of amides is 2. The minimum absolute atomic E-state index is 0.0349. The molecule has 1 aromatic carbocycles. The van der Waals surface area contributed by atoms with E-state index in [0.29, 0.717) is 30.2 Å². The van der Waals surface area contributed by atoms with Gasteiger partial charge in [-0.3, -0.25) is 14.5 Å². The van der Waals surface area contributed by atoms with Crippen molar-refractivity contribution in [2.75, 3.05) is 45.8 Å². The van der Waals surface area contributed by atoms with Gasteiger partial charge in [0.1, 0.15) is 0 Å². The molecule has 0 aliphatic carbocycles. The average molecular weight is 364 g/mol. The second-order valence-corrected chi connectivity index (χ2v) is 7.57. The van der Waals surface area contributed by atoms with Crippen molar-refractivity contribution in [1.82, 2.24) is 14.7 Å². The van der Waals surface area contributed by atoms with E-state index in [1.807, 2.05) is 9.80 Å². The number of carbonyl (C=O) groups excluding carboxylic acids is 2. The van der Waals surface area contributed by atoms with Crippen LogP contribution in [0.15, 0.2) is 24.3 Å². The lowest BCUT2D eigenvalue weighted by Gasteiger charge is -2.36. The largest absolute Gasteiger partial charge is 0.342 e. The first-order valence-corrected chi connectivity index (χ1v) is 9.45. The molecule has 25 heavy (non-hydrogen) atoms. The third-order valence-corrected chi connectivity index (χ3v) is 5.50. The van der Waals surface area contributed by atoms with Gasteiger partial charge in [-0.25, -0.2) is 0 Å². The van der Waals surface area contributed by atoms with Gasteiger partial charge in [-0.2, -0.15) is 0 Å². The number of carbonyl (C=O) groups is 2. The lowest BCUT2D eigenvalue weighted by atomic mass is 9.99. The number of piperazine rings is 1. The number of piperidine rings is 1. The number of hydrogen-bond donors (Lipinski definition) is 0. The highest BCUT2D eigenvalue weighted by Crippen LogP contribution is 2.17. The summed E-state index contributed by atoms with van der Waals surface area (Å²) in [5.74, 6) is 0.989. The summed E-state index contributed by atoms with van der Waals surface area (Å²) in [6.45, 7) is 7.29. The number of hydrogen-bond acceptors (Lipinski definition) is 3. The smallest absolute Gasteiger partial charge is 0.253 e. The molecule has 2 heterocycles. The highest BCUT2D eigenvalue weighted by Gasteiger charge is 2.26. The molecule has 0 saturated carbocycles. The highest BCUT2D eigenvalue weighted by atomic mass is 35.5. The minimum atomic E-state index is 0.0349. The molecule has 0 atom stereocenters. The van der Waals surface area contributed by atoms with E-state index in [1.54, 1.807) is 24.3 Å². The van der Waals surface area contributed by atoms with E-state index < -0.39 is 0 Å². The molecule has 2 aliphatic heterocycles. The fourth-order valence-electron chi connectivity index (χ4n) is 3.43. The Morgan fingerprint density at radius 2 is 1.56 bits per heavy atom. The molecule has 3 rings (SSSR count). The molecule has 0 aromatic heterocycles. The zero-order chi connectivity index (χ0) is 17.8. The third kappa shape index (κ3) is 4.73. The van der Waals surface area contributed by atoms with E-state index >= 15 is 0 Å². The molecule has 2 amide bonds. The van der Waals surface area contributed by atoms with Crippen LogP contribution in [-0.4, -0.2) is 72.3 Å². The number of benzene rings is 1. The molecule has 2 fully saturated rings. The van der Waals surface area contributed by atoms with Crippen LogP contribution in [0.1, 0.15) is 30.1 Å². The van der Waals surface area contributed by atoms with E-state index in [1.165, 1.54) is 0 Å². The maximum atomic E-state index is 12.5. The van der Waals surface area contributed by atoms with Gasteiger partial charge in [-0.15, -0.1) is 0 Å². The fourth-order valence-corrected chi connectivity index (χ4v) is 3.56. The Kier molecular flexibility index (Phi) is 5.97. The maximum absolute atomic E-state index is 12.5. The minimum Gasteiger partial charge on any atom is -0.342 e. The van der Waals surface area contributed by atoms with Crippen LogP contribution in [0.5, 0.6) is 0 Å². The molecule has 5 nitrogen and oxygen atoms in total. The molecular weight excluding hydrogens is 338 g/mol. The van der Waals surface area contributed by atoms with E-state index in [0.717, 1.165) is 44.9 Å². The summed E-state index contributed by atoms with van der Waals surface area (Å²) in [5.41, 5.74) is 0.663. The van der Waals surface area contributed by atoms with Crippen LogP contribution >= 0.6 is 11.6 Å². The topological polar surface area (TPSA) is 43.9 Å². The quantitative estimate of drug-likeness (QED) is 0.828. The van der Waals surface area contributed by atoms with Crippen molar-refractivity contribution in [3.05, 3.63) is 34.9 Å². The number of likely N-dealkylation sites (tertiary alicyclic amines) is 1. The normalized spacial score (nSPS) is 19.9. The van der Waals surface area contributed by atoms with Gasteiger partial charge in [-0.1, -0.05) is 18.5 Å². The maximum Gasteiger partial charge on any atom is 0.253 e. The number of halogens is 1. The zero-order valence-corrected chi connectivity index (χ0v) is 15.5. The summed E-state index contributed by atoms with van der Waals surface area (Å²) >= 11 is 5.87. The van der Waals surface area contributed by atoms with E-state index in [9.17, 15) is 9.59 Å². The van der Waals surface area contributed by atoms with Gasteiger partial charge in [-0.05, 0) is 43.0 Å². The summed E-state index contributed by atoms with van der Waals surface area (Å²) in [6, 6.07) is 7.00. The standard InChI is InChI=1S/C19H26ClN3O2/c1-15-6-8-22(9-7-15)18(24)14-21-10-12-23(13-11-21)19(25)16-2-4-17(20)5-3-16/h2-5,15H,6-14H2,1H3. The monoisotopic (exact) mass is 363 g/mol. The molecule has 2 aliphatic rings. The van der Waals surface area contributed by atoms with Gasteiger partial charge in [0.15, 0.2) is 0 Å². The molecule has 2 saturated heterocycles. The number of nitrogens with zero attached hydrogens (tertiary/aromatic N) is 3. The predicted octanol–water partition coefficient (Wildman–Crippen LogP) is 2.36. The van der Waals surface area contributed by atoms with Gasteiger partial charge in [0.25, 0.3) is 5.91 Å². The van der Waals surface area contributed by atoms with Crippen LogP contribution in [0.3, 0.4) is 0 Å². The third-order valence-electron chi connectivity index (χ3n) is 5.25. The van der Waals surface area contributed by atoms with Crippen LogP contribution in [0.2, 0.25) is 5.02 Å². The fraction of sp³-hybridized carbons (Fsp3) is 0.579. The predicted molar refractivity (Wildman–Crippen MR) is 98.8 cm³/mol. The Hall–Kier alpha value is -1.59. The summed E-state index contributed by atoms with van der Waals surface area (Å²) in [5, 5.41) is 0.631. The SMILES string of the molecule is CC1CCN(C(=O)CN2CCN(C(=O)c3ccc(Cl)cc3)CC2)CC1. The van der Waals surface area contributed by atoms with Crippen molar-refractivity contribution in [3.8, 4) is 0 Å². The summed E-state index contributed by atoms with van der Waals surface area (Å²) in [6.07, 6.45) is 2.21. The highest BCUT2D eigenvalue weighted by molar-refractivity contribution is 6.30. The van der Waals surface area contributed by atoms with Crippen LogP contribution < -0.4 is 0 Å². The molecule has 0 spiro atoms. The second-order valence-electron chi connectivity index (χ2n) is 7.14. The van der Waals surface area contributed by atoms with Crippen LogP contribution in [0.4, 0.5) is 0 Å². The first-order valence-electron chi connectivity index (χ1n) is 9.08. The van der Waals surface area contributed by atoms with E-state index in [2.05, 4.69) is 11.8 Å². The van der Waals surface area contributed by atoms with Crippen molar-refractivity contribution in [1.29, 1.82) is 0 Å². The lowest BCUT2D eigenvalue weighted by molar-refractivity contribution is -0.134. The van der Waals surface area contributed by atoms with Crippen molar-refractivity contribution in [2.45, 2.75) is 19.8 Å². The first kappa shape index (κ1) is 18.2. The van der Waals surface area contributed by atoms with Crippen LogP contribution in [-0.2, 0) is 4.79 Å². The van der Waals surface area contributed by atoms with E-state index in [4.69, 9.17) is 11.6 Å². The van der Waals surface area contributed by atoms with Crippen molar-refractivity contribution in [2.24, 2.45) is 5.92 Å². The van der Waals surface area contributed by atoms with Gasteiger partial charge < -0.3 is 9.80 Å². The van der Waals surface area contributed by atoms with E-state index in [-0.39, 0.29) is 11.8 Å². The summed E-state index contributed by atoms with van der Waals surface area (Å²) < 4.78 is 0. The van der Waals surface area contributed by atoms with Gasteiger partial charge in [0.2, 0.25) is 5.91 Å². The van der Waals surface area contributed by atoms with Crippen LogP contribution in [0.25, 0.3) is 0 Å². The van der Waals surface area contributed by atoms with Gasteiger partial charge in [0, 0.05) is 49.9 Å². The Morgan fingerprint density at radius 3 is 2.16 bits per heavy atom. The molecule has 0 N–H and O–H groups in total. The molecule has 0 radical (unpaired) electrons.